The van der Waals surface area contributed by atoms with Gasteiger partial charge in [0, 0.05) is 6.04 Å². The molecule has 0 saturated carbocycles. The van der Waals surface area contributed by atoms with Crippen molar-refractivity contribution < 1.29 is 9.53 Å². The van der Waals surface area contributed by atoms with Crippen LogP contribution >= 0.6 is 0 Å². The third-order valence-corrected chi connectivity index (χ3v) is 20.3. The number of benzene rings is 6. The number of carbonyl (C=O) groups excluding carboxylic acids is 1. The topological polar surface area (TPSA) is 29.5 Å². The van der Waals surface area contributed by atoms with E-state index in [9.17, 15) is 4.79 Å². The van der Waals surface area contributed by atoms with Gasteiger partial charge >= 0.3 is 5.97 Å². The van der Waals surface area contributed by atoms with Gasteiger partial charge in [-0.15, -0.1) is 0 Å². The van der Waals surface area contributed by atoms with E-state index in [0.717, 1.165) is 0 Å². The summed E-state index contributed by atoms with van der Waals surface area (Å²) in [5.41, 5.74) is 0. The summed E-state index contributed by atoms with van der Waals surface area (Å²) >= 11 is 0. The third kappa shape index (κ3) is 4.99. The molecule has 1 unspecified atom stereocenters. The lowest BCUT2D eigenvalue weighted by Crippen LogP contribution is -2.92. The maximum Gasteiger partial charge on any atom is 0.307 e. The van der Waals surface area contributed by atoms with Gasteiger partial charge in [-0.1, -0.05) is 182 Å². The van der Waals surface area contributed by atoms with Gasteiger partial charge in [-0.05, 0) is 31.1 Å². The Labute approximate surface area is 267 Å². The molecule has 0 aromatic heterocycles. The van der Waals surface area contributed by atoms with Crippen LogP contribution in [0, 0.1) is 0 Å². The Balaban J connectivity index is 1.73. The Morgan fingerprint density at radius 2 is 0.667 bits per heavy atom. The number of nitrogens with zero attached hydrogens (tertiary/aromatic N) is 1. The molecule has 5 heteroatoms. The van der Waals surface area contributed by atoms with Gasteiger partial charge in [-0.3, -0.25) is 4.79 Å². The Bertz CT molecular complexity index is 1520. The fourth-order valence-electron chi connectivity index (χ4n) is 7.38. The number of cyclic esters (lactones) is 1. The summed E-state index contributed by atoms with van der Waals surface area (Å²) in [7, 11) is -6.34. The summed E-state index contributed by atoms with van der Waals surface area (Å²) in [4.78, 5) is 13.2. The SMILES string of the molecule is O=C1CC(N([Si](c2ccccc2)(c2ccccc2)c2ccccc2)[Si](c2ccccc2)(c2ccccc2)c2ccccc2)CO1. The van der Waals surface area contributed by atoms with Crippen LogP contribution in [-0.4, -0.2) is 39.3 Å². The normalized spacial score (nSPS) is 15.1. The lowest BCUT2D eigenvalue weighted by atomic mass is 10.3. The summed E-state index contributed by atoms with van der Waals surface area (Å²) in [6, 6.07) is 66.0. The number of carbonyl (C=O) groups is 1. The molecule has 6 aromatic rings. The van der Waals surface area contributed by atoms with Crippen molar-refractivity contribution in [2.24, 2.45) is 0 Å². The maximum atomic E-state index is 13.2. The van der Waals surface area contributed by atoms with Crippen molar-refractivity contribution in [2.75, 3.05) is 6.61 Å². The first-order valence-corrected chi connectivity index (χ1v) is 19.4. The van der Waals surface area contributed by atoms with Crippen LogP contribution in [0.2, 0.25) is 0 Å². The molecule has 1 aliphatic rings. The largest absolute Gasteiger partial charge is 0.464 e. The fourth-order valence-corrected chi connectivity index (χ4v) is 20.9. The second-order valence-electron chi connectivity index (χ2n) is 11.5. The van der Waals surface area contributed by atoms with E-state index in [-0.39, 0.29) is 12.0 Å². The molecule has 1 fully saturated rings. The smallest absolute Gasteiger partial charge is 0.307 e. The molecule has 0 N–H and O–H groups in total. The molecule has 220 valence electrons. The predicted molar refractivity (Wildman–Crippen MR) is 189 cm³/mol. The molecule has 45 heavy (non-hydrogen) atoms. The highest BCUT2D eigenvalue weighted by Gasteiger charge is 2.60. The Hall–Kier alpha value is -4.82. The van der Waals surface area contributed by atoms with Crippen molar-refractivity contribution in [1.29, 1.82) is 0 Å². The molecule has 1 saturated heterocycles. The van der Waals surface area contributed by atoms with E-state index in [0.29, 0.717) is 13.0 Å². The Morgan fingerprint density at radius 1 is 0.422 bits per heavy atom. The average Bonchev–Trinajstić information content (AvgIpc) is 3.56. The van der Waals surface area contributed by atoms with Crippen LogP contribution in [0.3, 0.4) is 0 Å². The lowest BCUT2D eigenvalue weighted by molar-refractivity contribution is -0.137. The van der Waals surface area contributed by atoms with Crippen molar-refractivity contribution in [3.05, 3.63) is 182 Å². The first-order valence-electron chi connectivity index (χ1n) is 15.5. The molecular formula is C40H35NO2Si2. The number of hydrogen-bond donors (Lipinski definition) is 0. The minimum absolute atomic E-state index is 0.140. The van der Waals surface area contributed by atoms with Crippen molar-refractivity contribution in [3.63, 3.8) is 0 Å². The van der Waals surface area contributed by atoms with Crippen LogP contribution in [0.1, 0.15) is 6.42 Å². The van der Waals surface area contributed by atoms with E-state index in [2.05, 4.69) is 186 Å². The molecule has 1 atom stereocenters. The summed E-state index contributed by atoms with van der Waals surface area (Å²) in [6.07, 6.45) is 0.336. The number of esters is 1. The maximum absolute atomic E-state index is 13.2. The van der Waals surface area contributed by atoms with E-state index < -0.39 is 16.5 Å². The van der Waals surface area contributed by atoms with Crippen molar-refractivity contribution >= 4 is 53.6 Å². The second-order valence-corrected chi connectivity index (χ2v) is 19.2. The Morgan fingerprint density at radius 3 is 0.867 bits per heavy atom. The van der Waals surface area contributed by atoms with E-state index in [4.69, 9.17) is 4.74 Å². The highest BCUT2D eigenvalue weighted by Crippen LogP contribution is 2.29. The van der Waals surface area contributed by atoms with E-state index in [1.165, 1.54) is 31.1 Å². The molecule has 0 spiro atoms. The van der Waals surface area contributed by atoms with Crippen LogP contribution in [0.25, 0.3) is 0 Å². The zero-order valence-corrected chi connectivity index (χ0v) is 27.1. The summed E-state index contributed by atoms with van der Waals surface area (Å²) in [5.74, 6) is -0.140. The Kier molecular flexibility index (Phi) is 8.14. The monoisotopic (exact) mass is 617 g/mol. The first-order chi connectivity index (χ1) is 22.3. The highest BCUT2D eigenvalue weighted by molar-refractivity contribution is 7.22. The van der Waals surface area contributed by atoms with Crippen LogP contribution in [0.15, 0.2) is 182 Å². The standard InChI is InChI=1S/C40H35NO2Si2/c42-40-31-33(32-43-40)41(44(34-19-7-1-8-20-34,35-21-9-2-10-22-35)36-23-11-3-12-24-36)45(37-25-13-4-14-26-37,38-27-15-5-16-28-38)39-29-17-6-18-30-39/h1-30,33H,31-32H2. The van der Waals surface area contributed by atoms with Crippen molar-refractivity contribution in [2.45, 2.75) is 12.5 Å². The molecule has 0 amide bonds. The molecule has 0 bridgehead atoms. The van der Waals surface area contributed by atoms with Crippen LogP contribution in [0.4, 0.5) is 0 Å². The molecule has 1 heterocycles. The zero-order chi connectivity index (χ0) is 30.5. The summed E-state index contributed by atoms with van der Waals surface area (Å²) < 4.78 is 8.80. The van der Waals surface area contributed by atoms with Gasteiger partial charge < -0.3 is 8.97 Å². The molecule has 3 nitrogen and oxygen atoms in total. The number of hydrogen-bond acceptors (Lipinski definition) is 3. The zero-order valence-electron chi connectivity index (χ0n) is 25.1. The quantitative estimate of drug-likeness (QED) is 0.140. The van der Waals surface area contributed by atoms with Gasteiger partial charge in [0.2, 0.25) is 16.5 Å². The van der Waals surface area contributed by atoms with Gasteiger partial charge in [0.15, 0.2) is 0 Å². The molecule has 1 aliphatic heterocycles. The third-order valence-electron chi connectivity index (χ3n) is 9.08. The summed E-state index contributed by atoms with van der Waals surface area (Å²) in [5, 5.41) is 7.67. The van der Waals surface area contributed by atoms with Crippen molar-refractivity contribution in [1.82, 2.24) is 4.23 Å². The van der Waals surface area contributed by atoms with Gasteiger partial charge in [-0.2, -0.15) is 0 Å². The van der Waals surface area contributed by atoms with Gasteiger partial charge in [0.05, 0.1) is 6.42 Å². The molecular weight excluding hydrogens is 583 g/mol. The van der Waals surface area contributed by atoms with Gasteiger partial charge in [-0.25, -0.2) is 0 Å². The molecule has 6 aromatic carbocycles. The first kappa shape index (κ1) is 28.9. The lowest BCUT2D eigenvalue weighted by Gasteiger charge is -2.56. The second kappa shape index (κ2) is 12.7. The van der Waals surface area contributed by atoms with Crippen LogP contribution < -0.4 is 31.1 Å². The molecule has 7 rings (SSSR count). The van der Waals surface area contributed by atoms with E-state index >= 15 is 0 Å². The van der Waals surface area contributed by atoms with E-state index in [1.54, 1.807) is 0 Å². The predicted octanol–water partition coefficient (Wildman–Crippen LogP) is 3.94. The summed E-state index contributed by atoms with van der Waals surface area (Å²) in [6.45, 7) is 0.349. The average molecular weight is 618 g/mol. The minimum atomic E-state index is -3.17. The minimum Gasteiger partial charge on any atom is -0.464 e. The van der Waals surface area contributed by atoms with Gasteiger partial charge in [0.25, 0.3) is 0 Å². The number of ether oxygens (including phenoxy) is 1. The van der Waals surface area contributed by atoms with Crippen molar-refractivity contribution in [3.8, 4) is 0 Å². The van der Waals surface area contributed by atoms with Gasteiger partial charge in [0.1, 0.15) is 6.61 Å². The fraction of sp³-hybridized carbons (Fsp3) is 0.0750. The number of rotatable bonds is 9. The highest BCUT2D eigenvalue weighted by atomic mass is 28.4. The van der Waals surface area contributed by atoms with Crippen LogP contribution in [0.5, 0.6) is 0 Å². The van der Waals surface area contributed by atoms with Crippen LogP contribution in [-0.2, 0) is 9.53 Å². The molecule has 0 radical (unpaired) electrons. The van der Waals surface area contributed by atoms with E-state index in [1.807, 2.05) is 0 Å². The molecule has 0 aliphatic carbocycles.